The largest absolute Gasteiger partial charge is 0.355 e. The Morgan fingerprint density at radius 1 is 1.19 bits per heavy atom. The van der Waals surface area contributed by atoms with Gasteiger partial charge in [0.05, 0.1) is 5.25 Å². The number of rotatable bonds is 8. The summed E-state index contributed by atoms with van der Waals surface area (Å²) in [7, 11) is 0. The third kappa shape index (κ3) is 5.48. The van der Waals surface area contributed by atoms with Crippen LogP contribution in [0.15, 0.2) is 29.4 Å². The molecule has 1 aliphatic rings. The lowest BCUT2D eigenvalue weighted by molar-refractivity contribution is -0.120. The lowest BCUT2D eigenvalue weighted by Gasteiger charge is -2.14. The van der Waals surface area contributed by atoms with Crippen molar-refractivity contribution < 1.29 is 4.79 Å². The van der Waals surface area contributed by atoms with Crippen LogP contribution in [-0.4, -0.2) is 32.5 Å². The first kappa shape index (κ1) is 20.2. The molecule has 0 radical (unpaired) electrons. The highest BCUT2D eigenvalue weighted by atomic mass is 35.5. The van der Waals surface area contributed by atoms with Gasteiger partial charge in [0.1, 0.15) is 0 Å². The number of aromatic nitrogens is 3. The van der Waals surface area contributed by atoms with E-state index in [1.165, 1.54) is 19.3 Å². The summed E-state index contributed by atoms with van der Waals surface area (Å²) in [6, 6.07) is 7.69. The van der Waals surface area contributed by atoms with Gasteiger partial charge < -0.3 is 9.88 Å². The molecule has 1 atom stereocenters. The van der Waals surface area contributed by atoms with Crippen molar-refractivity contribution in [3.05, 3.63) is 29.3 Å². The molecular weight excluding hydrogens is 380 g/mol. The first-order valence-electron chi connectivity index (χ1n) is 9.82. The van der Waals surface area contributed by atoms with Gasteiger partial charge >= 0.3 is 0 Å². The van der Waals surface area contributed by atoms with Crippen LogP contribution in [0.2, 0.25) is 5.02 Å². The third-order valence-electron chi connectivity index (χ3n) is 4.79. The number of halogens is 1. The van der Waals surface area contributed by atoms with E-state index in [1.807, 2.05) is 24.3 Å². The van der Waals surface area contributed by atoms with Crippen LogP contribution in [0.4, 0.5) is 0 Å². The van der Waals surface area contributed by atoms with Gasteiger partial charge in [-0.25, -0.2) is 0 Å². The average Bonchev–Trinajstić information content (AvgIpc) is 2.95. The van der Waals surface area contributed by atoms with E-state index in [-0.39, 0.29) is 11.2 Å². The lowest BCUT2D eigenvalue weighted by Crippen LogP contribution is -2.30. The van der Waals surface area contributed by atoms with E-state index >= 15 is 0 Å². The number of hydrogen-bond donors (Lipinski definition) is 1. The molecule has 1 N–H and O–H groups in total. The van der Waals surface area contributed by atoms with Crippen molar-refractivity contribution in [3.8, 4) is 11.4 Å². The molecule has 1 amide bonds. The molecule has 5 nitrogen and oxygen atoms in total. The van der Waals surface area contributed by atoms with Gasteiger partial charge in [0.25, 0.3) is 0 Å². The quantitative estimate of drug-likeness (QED) is 0.630. The Morgan fingerprint density at radius 2 is 2.00 bits per heavy atom. The summed E-state index contributed by atoms with van der Waals surface area (Å²) in [5, 5.41) is 13.3. The molecule has 1 aromatic heterocycles. The van der Waals surface area contributed by atoms with Crippen LogP contribution in [0.25, 0.3) is 11.4 Å². The van der Waals surface area contributed by atoms with Gasteiger partial charge in [-0.15, -0.1) is 10.2 Å². The van der Waals surface area contributed by atoms with E-state index in [0.717, 1.165) is 55.3 Å². The Labute approximate surface area is 170 Å². The number of nitrogens with zero attached hydrogens (tertiary/aromatic N) is 3. The van der Waals surface area contributed by atoms with E-state index in [1.54, 1.807) is 11.8 Å². The SMILES string of the molecule is CCCCCCn1c(SC2CCCCNC2=O)nnc1-c1ccc(Cl)cc1. The first-order valence-corrected chi connectivity index (χ1v) is 11.1. The van der Waals surface area contributed by atoms with Gasteiger partial charge in [-0.3, -0.25) is 4.79 Å². The van der Waals surface area contributed by atoms with Crippen molar-refractivity contribution in [3.63, 3.8) is 0 Å². The maximum atomic E-state index is 12.3. The fraction of sp³-hybridized carbons (Fsp3) is 0.550. The fourth-order valence-electron chi connectivity index (χ4n) is 3.24. The maximum absolute atomic E-state index is 12.3. The second-order valence-electron chi connectivity index (χ2n) is 6.92. The molecule has 1 aromatic carbocycles. The van der Waals surface area contributed by atoms with Crippen molar-refractivity contribution in [1.82, 2.24) is 20.1 Å². The van der Waals surface area contributed by atoms with Crippen LogP contribution in [0, 0.1) is 0 Å². The summed E-state index contributed by atoms with van der Waals surface area (Å²) in [6.45, 7) is 3.85. The minimum Gasteiger partial charge on any atom is -0.355 e. The number of carbonyl (C=O) groups excluding carboxylic acids is 1. The molecule has 1 aliphatic heterocycles. The van der Waals surface area contributed by atoms with Crippen LogP contribution < -0.4 is 5.32 Å². The highest BCUT2D eigenvalue weighted by molar-refractivity contribution is 8.00. The van der Waals surface area contributed by atoms with E-state index in [2.05, 4.69) is 27.0 Å². The topological polar surface area (TPSA) is 59.8 Å². The van der Waals surface area contributed by atoms with Gasteiger partial charge in [0.15, 0.2) is 11.0 Å². The predicted molar refractivity (Wildman–Crippen MR) is 111 cm³/mol. The second kappa shape index (κ2) is 10.1. The minimum absolute atomic E-state index is 0.0934. The normalized spacial score (nSPS) is 17.6. The third-order valence-corrected chi connectivity index (χ3v) is 6.29. The molecule has 146 valence electrons. The monoisotopic (exact) mass is 406 g/mol. The standard InChI is InChI=1S/C20H27ClN4OS/c1-2-3-4-7-14-25-18(15-9-11-16(21)12-10-15)23-24-20(25)27-17-8-5-6-13-22-19(17)26/h9-12,17H,2-8,13-14H2,1H3,(H,22,26). The second-order valence-corrected chi connectivity index (χ2v) is 8.52. The summed E-state index contributed by atoms with van der Waals surface area (Å²) < 4.78 is 2.17. The molecule has 0 spiro atoms. The van der Waals surface area contributed by atoms with E-state index in [4.69, 9.17) is 11.6 Å². The number of nitrogens with one attached hydrogen (secondary N) is 1. The smallest absolute Gasteiger partial charge is 0.233 e. The van der Waals surface area contributed by atoms with Gasteiger partial charge in [-0.05, 0) is 43.5 Å². The van der Waals surface area contributed by atoms with Crippen LogP contribution >= 0.6 is 23.4 Å². The number of hydrogen-bond acceptors (Lipinski definition) is 4. The summed E-state index contributed by atoms with van der Waals surface area (Å²) in [4.78, 5) is 12.3. The Balaban J connectivity index is 1.83. The Bertz CT molecular complexity index is 747. The molecule has 0 saturated carbocycles. The Kier molecular flexibility index (Phi) is 7.59. The van der Waals surface area contributed by atoms with Crippen LogP contribution in [-0.2, 0) is 11.3 Å². The first-order chi connectivity index (χ1) is 13.2. The average molecular weight is 407 g/mol. The molecule has 1 saturated heterocycles. The van der Waals surface area contributed by atoms with Gasteiger partial charge in [0.2, 0.25) is 5.91 Å². The summed E-state index contributed by atoms with van der Waals surface area (Å²) >= 11 is 7.58. The van der Waals surface area contributed by atoms with E-state index < -0.39 is 0 Å². The highest BCUT2D eigenvalue weighted by Crippen LogP contribution is 2.30. The van der Waals surface area contributed by atoms with Crippen molar-refractivity contribution in [2.24, 2.45) is 0 Å². The zero-order valence-corrected chi connectivity index (χ0v) is 17.4. The molecule has 1 fully saturated rings. The predicted octanol–water partition coefficient (Wildman–Crippen LogP) is 4.94. The molecule has 3 rings (SSSR count). The highest BCUT2D eigenvalue weighted by Gasteiger charge is 2.25. The lowest BCUT2D eigenvalue weighted by atomic mass is 10.2. The molecule has 27 heavy (non-hydrogen) atoms. The number of thioether (sulfide) groups is 1. The van der Waals surface area contributed by atoms with Crippen molar-refractivity contribution in [2.75, 3.05) is 6.54 Å². The zero-order chi connectivity index (χ0) is 19.1. The number of amides is 1. The maximum Gasteiger partial charge on any atom is 0.233 e. The molecule has 0 bridgehead atoms. The molecule has 2 heterocycles. The summed E-state index contributed by atoms with van der Waals surface area (Å²) in [5.74, 6) is 0.964. The zero-order valence-electron chi connectivity index (χ0n) is 15.8. The van der Waals surface area contributed by atoms with Crippen molar-refractivity contribution >= 4 is 29.3 Å². The Morgan fingerprint density at radius 3 is 2.78 bits per heavy atom. The molecular formula is C20H27ClN4OS. The van der Waals surface area contributed by atoms with E-state index in [0.29, 0.717) is 5.02 Å². The molecule has 7 heteroatoms. The Hall–Kier alpha value is -1.53. The van der Waals surface area contributed by atoms with Crippen LogP contribution in [0.3, 0.4) is 0 Å². The number of unbranched alkanes of at least 4 members (excludes halogenated alkanes) is 3. The minimum atomic E-state index is -0.0934. The fourth-order valence-corrected chi connectivity index (χ4v) is 4.49. The van der Waals surface area contributed by atoms with E-state index in [9.17, 15) is 4.79 Å². The molecule has 0 aliphatic carbocycles. The summed E-state index contributed by atoms with van der Waals surface area (Å²) in [6.07, 6.45) is 7.69. The van der Waals surface area contributed by atoms with Crippen LogP contribution in [0.5, 0.6) is 0 Å². The van der Waals surface area contributed by atoms with Crippen molar-refractivity contribution in [1.29, 1.82) is 0 Å². The van der Waals surface area contributed by atoms with Gasteiger partial charge in [-0.2, -0.15) is 0 Å². The van der Waals surface area contributed by atoms with Crippen LogP contribution in [0.1, 0.15) is 51.9 Å². The molecule has 2 aromatic rings. The van der Waals surface area contributed by atoms with Gasteiger partial charge in [-0.1, -0.05) is 56.0 Å². The molecule has 1 unspecified atom stereocenters. The number of benzene rings is 1. The summed E-state index contributed by atoms with van der Waals surface area (Å²) in [5.41, 5.74) is 1.000. The van der Waals surface area contributed by atoms with Crippen molar-refractivity contribution in [2.45, 2.75) is 68.8 Å². The van der Waals surface area contributed by atoms with Gasteiger partial charge in [0, 0.05) is 23.7 Å². The number of carbonyl (C=O) groups is 1.